The highest BCUT2D eigenvalue weighted by atomic mass is 32.9. The number of aryl methyl sites for hydroxylation is 1. The van der Waals surface area contributed by atoms with Crippen LogP contribution >= 0.6 is 32.9 Å². The predicted molar refractivity (Wildman–Crippen MR) is 154 cm³/mol. The van der Waals surface area contributed by atoms with Gasteiger partial charge in [-0.3, -0.25) is 9.80 Å². The van der Waals surface area contributed by atoms with Gasteiger partial charge in [0.05, 0.1) is 12.0 Å². The van der Waals surface area contributed by atoms with Gasteiger partial charge in [-0.05, 0) is 53.9 Å². The Labute approximate surface area is 225 Å². The van der Waals surface area contributed by atoms with E-state index in [0.717, 1.165) is 71.1 Å². The first-order valence-electron chi connectivity index (χ1n) is 12.1. The minimum atomic E-state index is 0.357. The van der Waals surface area contributed by atoms with E-state index < -0.39 is 0 Å². The Morgan fingerprint density at radius 1 is 0.833 bits per heavy atom. The molecular weight excluding hydrogens is 505 g/mol. The summed E-state index contributed by atoms with van der Waals surface area (Å²) in [5, 5.41) is 10.7. The van der Waals surface area contributed by atoms with Gasteiger partial charge in [-0.15, -0.1) is 0 Å². The first-order valence-corrected chi connectivity index (χ1v) is 14.7. The number of phenols is 1. The van der Waals surface area contributed by atoms with E-state index in [2.05, 4.69) is 59.2 Å². The average Bonchev–Trinajstić information content (AvgIpc) is 3.28. The summed E-state index contributed by atoms with van der Waals surface area (Å²) < 4.78 is 6.18. The summed E-state index contributed by atoms with van der Waals surface area (Å²) in [6.45, 7) is 7.76. The quantitative estimate of drug-likeness (QED) is 0.200. The topological polar surface area (TPSA) is 35.9 Å². The van der Waals surface area contributed by atoms with E-state index in [4.69, 9.17) is 17.0 Å². The molecule has 1 aliphatic heterocycles. The van der Waals surface area contributed by atoms with Crippen LogP contribution in [-0.2, 0) is 13.1 Å². The summed E-state index contributed by atoms with van der Waals surface area (Å²) in [4.78, 5) is 6.10. The molecule has 36 heavy (non-hydrogen) atoms. The summed E-state index contributed by atoms with van der Waals surface area (Å²) in [6.07, 6.45) is 0. The number of benzene rings is 3. The van der Waals surface area contributed by atoms with E-state index in [0.29, 0.717) is 5.75 Å². The first kappa shape index (κ1) is 25.1. The van der Waals surface area contributed by atoms with Crippen LogP contribution in [0.5, 0.6) is 11.5 Å². The molecular formula is C29H30N2O2S3. The van der Waals surface area contributed by atoms with Crippen LogP contribution in [0.1, 0.15) is 16.7 Å². The fraction of sp³-hybridized carbons (Fsp3) is 0.276. The zero-order valence-corrected chi connectivity index (χ0v) is 23.0. The van der Waals surface area contributed by atoms with Gasteiger partial charge in [0.2, 0.25) is 0 Å². The number of hydrogen-bond acceptors (Lipinski definition) is 7. The van der Waals surface area contributed by atoms with Crippen LogP contribution in [0.4, 0.5) is 0 Å². The minimum Gasteiger partial charge on any atom is -0.508 e. The molecule has 0 saturated carbocycles. The van der Waals surface area contributed by atoms with Crippen LogP contribution in [0.3, 0.4) is 0 Å². The molecule has 3 aromatic carbocycles. The Kier molecular flexibility index (Phi) is 7.84. The van der Waals surface area contributed by atoms with Gasteiger partial charge in [-0.25, -0.2) is 0 Å². The zero-order chi connectivity index (χ0) is 25.1. The lowest BCUT2D eigenvalue weighted by Gasteiger charge is -2.35. The van der Waals surface area contributed by atoms with Crippen LogP contribution in [-0.4, -0.2) is 48.2 Å². The lowest BCUT2D eigenvalue weighted by atomic mass is 10.0. The molecule has 0 atom stereocenters. The van der Waals surface area contributed by atoms with Gasteiger partial charge in [-0.1, -0.05) is 74.9 Å². The molecule has 0 spiro atoms. The van der Waals surface area contributed by atoms with E-state index in [1.54, 1.807) is 27.8 Å². The summed E-state index contributed by atoms with van der Waals surface area (Å²) in [6, 6.07) is 22.9. The third-order valence-corrected chi connectivity index (χ3v) is 9.80. The highest BCUT2D eigenvalue weighted by Gasteiger charge is 2.20. The highest BCUT2D eigenvalue weighted by molar-refractivity contribution is 7.80. The van der Waals surface area contributed by atoms with Crippen molar-refractivity contribution in [1.29, 1.82) is 0 Å². The van der Waals surface area contributed by atoms with Crippen molar-refractivity contribution < 1.29 is 9.84 Å². The normalized spacial score (nSPS) is 14.7. The summed E-state index contributed by atoms with van der Waals surface area (Å²) >= 11 is 5.71. The smallest absolute Gasteiger partial charge is 0.120 e. The molecule has 4 nitrogen and oxygen atoms in total. The zero-order valence-electron chi connectivity index (χ0n) is 20.6. The van der Waals surface area contributed by atoms with Gasteiger partial charge in [-0.2, -0.15) is 0 Å². The molecule has 0 amide bonds. The average molecular weight is 535 g/mol. The standard InChI is InChI=1S/C29H30N2O2S3/c1-20-3-7-22(8-4-20)27-28(35-36-29(27)34)23-9-12-26(32)24(17-23)19-31-15-13-30(14-16-31)18-21-5-10-25(33-2)11-6-21/h3-12,17,32H,13-16,18-19H2,1-2H3. The largest absolute Gasteiger partial charge is 0.508 e. The maximum atomic E-state index is 10.7. The molecule has 0 radical (unpaired) electrons. The van der Waals surface area contributed by atoms with Crippen LogP contribution in [0, 0.1) is 10.7 Å². The van der Waals surface area contributed by atoms with Crippen LogP contribution < -0.4 is 4.74 Å². The SMILES string of the molecule is COc1ccc(CN2CCN(Cc3cc(-c4ssc(=S)c4-c4ccc(C)cc4)ccc3O)CC2)cc1. The fourth-order valence-electron chi connectivity index (χ4n) is 4.61. The Bertz CT molecular complexity index is 1370. The monoisotopic (exact) mass is 534 g/mol. The van der Waals surface area contributed by atoms with Gasteiger partial charge < -0.3 is 9.84 Å². The second-order valence-electron chi connectivity index (χ2n) is 9.27. The Morgan fingerprint density at radius 3 is 2.14 bits per heavy atom. The van der Waals surface area contributed by atoms with E-state index >= 15 is 0 Å². The number of methoxy groups -OCH3 is 1. The van der Waals surface area contributed by atoms with Crippen LogP contribution in [0.2, 0.25) is 0 Å². The fourth-order valence-corrected chi connectivity index (χ4v) is 7.52. The molecule has 1 N–H and O–H groups in total. The Morgan fingerprint density at radius 2 is 1.47 bits per heavy atom. The summed E-state index contributed by atoms with van der Waals surface area (Å²) in [5.74, 6) is 1.25. The maximum Gasteiger partial charge on any atom is 0.120 e. The van der Waals surface area contributed by atoms with Crippen molar-refractivity contribution in [3.63, 3.8) is 0 Å². The molecule has 4 aromatic rings. The molecule has 0 aliphatic carbocycles. The minimum absolute atomic E-state index is 0.357. The number of hydrogen-bond donors (Lipinski definition) is 1. The van der Waals surface area contributed by atoms with Crippen molar-refractivity contribution in [3.8, 4) is 33.1 Å². The predicted octanol–water partition coefficient (Wildman–Crippen LogP) is 7.21. The Hall–Kier alpha value is -2.55. The van der Waals surface area contributed by atoms with Crippen LogP contribution in [0.25, 0.3) is 21.6 Å². The van der Waals surface area contributed by atoms with Crippen molar-refractivity contribution in [3.05, 3.63) is 87.2 Å². The number of ether oxygens (including phenoxy) is 1. The number of piperazine rings is 1. The third kappa shape index (κ3) is 5.71. The second kappa shape index (κ2) is 11.2. The van der Waals surface area contributed by atoms with Gasteiger partial charge in [0.15, 0.2) is 0 Å². The van der Waals surface area contributed by atoms with E-state index in [9.17, 15) is 5.11 Å². The molecule has 1 aromatic heterocycles. The molecule has 186 valence electrons. The first-order chi connectivity index (χ1) is 17.5. The maximum absolute atomic E-state index is 10.7. The lowest BCUT2D eigenvalue weighted by Crippen LogP contribution is -2.45. The van der Waals surface area contributed by atoms with Gasteiger partial charge in [0, 0.05) is 50.4 Å². The van der Waals surface area contributed by atoms with Gasteiger partial charge in [0.1, 0.15) is 15.3 Å². The number of phenolic OH excluding ortho intramolecular Hbond substituents is 1. The van der Waals surface area contributed by atoms with Gasteiger partial charge >= 0.3 is 0 Å². The Balaban J connectivity index is 1.27. The van der Waals surface area contributed by atoms with Gasteiger partial charge in [0.25, 0.3) is 0 Å². The van der Waals surface area contributed by atoms with E-state index in [-0.39, 0.29) is 0 Å². The third-order valence-electron chi connectivity index (χ3n) is 6.74. The van der Waals surface area contributed by atoms with Crippen molar-refractivity contribution in [2.24, 2.45) is 0 Å². The summed E-state index contributed by atoms with van der Waals surface area (Å²) in [7, 11) is 5.06. The molecule has 7 heteroatoms. The molecule has 0 bridgehead atoms. The number of nitrogens with zero attached hydrogens (tertiary/aromatic N) is 2. The van der Waals surface area contributed by atoms with E-state index in [1.165, 1.54) is 16.0 Å². The van der Waals surface area contributed by atoms with Crippen LogP contribution in [0.15, 0.2) is 66.7 Å². The molecule has 5 rings (SSSR count). The number of aromatic hydroxyl groups is 1. The highest BCUT2D eigenvalue weighted by Crippen LogP contribution is 2.42. The lowest BCUT2D eigenvalue weighted by molar-refractivity contribution is 0.121. The van der Waals surface area contributed by atoms with E-state index in [1.807, 2.05) is 24.3 Å². The number of rotatable bonds is 7. The van der Waals surface area contributed by atoms with Crippen molar-refractivity contribution in [2.75, 3.05) is 33.3 Å². The molecule has 1 saturated heterocycles. The van der Waals surface area contributed by atoms with Crippen molar-refractivity contribution in [1.82, 2.24) is 9.80 Å². The van der Waals surface area contributed by atoms with Crippen molar-refractivity contribution >= 4 is 32.9 Å². The summed E-state index contributed by atoms with van der Waals surface area (Å²) in [5.41, 5.74) is 6.91. The molecule has 0 unspecified atom stereocenters. The molecule has 2 heterocycles. The molecule has 1 aliphatic rings. The van der Waals surface area contributed by atoms with Crippen molar-refractivity contribution in [2.45, 2.75) is 20.0 Å². The molecule has 1 fully saturated rings. The second-order valence-corrected chi connectivity index (χ2v) is 12.1.